The van der Waals surface area contributed by atoms with E-state index < -0.39 is 0 Å². The SMILES string of the molecule is CSC1=Nc2sc(C)c(C)c2C(c2ccc(NC(C)=O)cc2)=NN1Cc1ccccc1. The zero-order valence-corrected chi connectivity index (χ0v) is 19.6. The van der Waals surface area contributed by atoms with E-state index in [4.69, 9.17) is 10.1 Å². The van der Waals surface area contributed by atoms with Crippen LogP contribution in [0.2, 0.25) is 0 Å². The van der Waals surface area contributed by atoms with E-state index in [2.05, 4.69) is 31.3 Å². The molecule has 3 aromatic rings. The lowest BCUT2D eigenvalue weighted by Crippen LogP contribution is -2.24. The van der Waals surface area contributed by atoms with Crippen LogP contribution in [0.5, 0.6) is 0 Å². The van der Waals surface area contributed by atoms with Crippen LogP contribution in [0.25, 0.3) is 0 Å². The van der Waals surface area contributed by atoms with E-state index in [1.54, 1.807) is 23.1 Å². The maximum atomic E-state index is 11.4. The standard InChI is InChI=1S/C24H24N4OS2/c1-15-16(2)31-23-21(15)22(19-10-12-20(13-11-19)25-17(3)29)27-28(24(26-23)30-4)14-18-8-6-5-7-9-18/h5-13H,14H2,1-4H3,(H,25,29). The van der Waals surface area contributed by atoms with E-state index in [1.807, 2.05) is 53.7 Å². The minimum Gasteiger partial charge on any atom is -0.326 e. The summed E-state index contributed by atoms with van der Waals surface area (Å²) in [5.41, 5.74) is 6.12. The molecule has 0 atom stereocenters. The summed E-state index contributed by atoms with van der Waals surface area (Å²) in [4.78, 5) is 17.6. The van der Waals surface area contributed by atoms with Crippen molar-refractivity contribution in [3.63, 3.8) is 0 Å². The van der Waals surface area contributed by atoms with E-state index in [1.165, 1.54) is 22.9 Å². The molecule has 0 aliphatic carbocycles. The molecule has 0 fully saturated rings. The van der Waals surface area contributed by atoms with Crippen molar-refractivity contribution < 1.29 is 4.79 Å². The van der Waals surface area contributed by atoms with Gasteiger partial charge in [0.15, 0.2) is 5.17 Å². The highest BCUT2D eigenvalue weighted by molar-refractivity contribution is 8.13. The molecule has 0 saturated carbocycles. The van der Waals surface area contributed by atoms with Crippen molar-refractivity contribution in [1.29, 1.82) is 0 Å². The van der Waals surface area contributed by atoms with Crippen LogP contribution in [0.15, 0.2) is 64.7 Å². The number of anilines is 1. The average Bonchev–Trinajstić information content (AvgIpc) is 2.94. The van der Waals surface area contributed by atoms with Gasteiger partial charge in [-0.25, -0.2) is 10.0 Å². The number of carbonyl (C=O) groups excluding carboxylic acids is 1. The van der Waals surface area contributed by atoms with Gasteiger partial charge in [0, 0.05) is 28.6 Å². The highest BCUT2D eigenvalue weighted by atomic mass is 32.2. The number of hydrogen-bond donors (Lipinski definition) is 1. The molecule has 0 unspecified atom stereocenters. The topological polar surface area (TPSA) is 57.1 Å². The zero-order chi connectivity index (χ0) is 22.0. The van der Waals surface area contributed by atoms with E-state index in [0.717, 1.165) is 32.7 Å². The van der Waals surface area contributed by atoms with Crippen molar-refractivity contribution in [1.82, 2.24) is 5.01 Å². The average molecular weight is 449 g/mol. The Morgan fingerprint density at radius 1 is 1.10 bits per heavy atom. The Morgan fingerprint density at radius 3 is 2.45 bits per heavy atom. The summed E-state index contributed by atoms with van der Waals surface area (Å²) in [5, 5.41) is 11.8. The van der Waals surface area contributed by atoms with E-state index in [-0.39, 0.29) is 5.91 Å². The summed E-state index contributed by atoms with van der Waals surface area (Å²) >= 11 is 3.30. The largest absolute Gasteiger partial charge is 0.326 e. The van der Waals surface area contributed by atoms with Gasteiger partial charge in [-0.05, 0) is 43.4 Å². The smallest absolute Gasteiger partial charge is 0.221 e. The molecule has 7 heteroatoms. The van der Waals surface area contributed by atoms with E-state index in [9.17, 15) is 4.79 Å². The molecule has 4 rings (SSSR count). The van der Waals surface area contributed by atoms with Gasteiger partial charge in [-0.2, -0.15) is 5.10 Å². The van der Waals surface area contributed by atoms with Gasteiger partial charge in [-0.15, -0.1) is 11.3 Å². The molecule has 1 aromatic heterocycles. The van der Waals surface area contributed by atoms with Crippen molar-refractivity contribution in [3.05, 3.63) is 81.7 Å². The molecular weight excluding hydrogens is 424 g/mol. The number of aryl methyl sites for hydroxylation is 1. The summed E-state index contributed by atoms with van der Waals surface area (Å²) < 4.78 is 0. The number of hydrogen-bond acceptors (Lipinski definition) is 6. The monoisotopic (exact) mass is 448 g/mol. The highest BCUT2D eigenvalue weighted by Crippen LogP contribution is 2.39. The van der Waals surface area contributed by atoms with Gasteiger partial charge in [0.25, 0.3) is 0 Å². The predicted molar refractivity (Wildman–Crippen MR) is 133 cm³/mol. The van der Waals surface area contributed by atoms with E-state index in [0.29, 0.717) is 6.54 Å². The fraction of sp³-hybridized carbons (Fsp3) is 0.208. The Balaban J connectivity index is 1.82. The first-order valence-electron chi connectivity index (χ1n) is 9.97. The third kappa shape index (κ3) is 4.57. The Kier molecular flexibility index (Phi) is 6.25. The summed E-state index contributed by atoms with van der Waals surface area (Å²) in [6, 6.07) is 18.1. The Bertz CT molecular complexity index is 1160. The summed E-state index contributed by atoms with van der Waals surface area (Å²) in [7, 11) is 0. The number of carbonyl (C=O) groups is 1. The second-order valence-corrected chi connectivity index (χ2v) is 9.29. The van der Waals surface area contributed by atoms with Crippen LogP contribution in [0.3, 0.4) is 0 Å². The van der Waals surface area contributed by atoms with Gasteiger partial charge in [0.05, 0.1) is 6.54 Å². The number of nitrogens with zero attached hydrogens (tertiary/aromatic N) is 3. The number of benzene rings is 2. The molecule has 5 nitrogen and oxygen atoms in total. The number of fused-ring (bicyclic) bond motifs is 1. The zero-order valence-electron chi connectivity index (χ0n) is 18.0. The highest BCUT2D eigenvalue weighted by Gasteiger charge is 2.25. The first-order valence-corrected chi connectivity index (χ1v) is 12.0. The van der Waals surface area contributed by atoms with Gasteiger partial charge in [0.2, 0.25) is 5.91 Å². The number of aliphatic imine (C=N–C) groups is 1. The van der Waals surface area contributed by atoms with Gasteiger partial charge in [0.1, 0.15) is 10.7 Å². The summed E-state index contributed by atoms with van der Waals surface area (Å²) in [6.45, 7) is 6.41. The minimum absolute atomic E-state index is 0.0850. The summed E-state index contributed by atoms with van der Waals surface area (Å²) in [6.07, 6.45) is 2.03. The third-order valence-electron chi connectivity index (χ3n) is 5.08. The van der Waals surface area contributed by atoms with Crippen molar-refractivity contribution in [3.8, 4) is 0 Å². The lowest BCUT2D eigenvalue weighted by molar-refractivity contribution is -0.114. The van der Waals surface area contributed by atoms with Crippen LogP contribution >= 0.6 is 23.1 Å². The van der Waals surface area contributed by atoms with Crippen LogP contribution in [-0.2, 0) is 11.3 Å². The first-order chi connectivity index (χ1) is 15.0. The molecular formula is C24H24N4OS2. The fourth-order valence-corrected chi connectivity index (χ4v) is 5.04. The molecule has 2 heterocycles. The van der Waals surface area contributed by atoms with Gasteiger partial charge >= 0.3 is 0 Å². The van der Waals surface area contributed by atoms with Crippen molar-refractivity contribution in [2.75, 3.05) is 11.6 Å². The van der Waals surface area contributed by atoms with Crippen molar-refractivity contribution in [2.45, 2.75) is 27.3 Å². The molecule has 2 aromatic carbocycles. The molecule has 31 heavy (non-hydrogen) atoms. The van der Waals surface area contributed by atoms with Crippen LogP contribution in [0.4, 0.5) is 10.7 Å². The van der Waals surface area contributed by atoms with Crippen LogP contribution in [0.1, 0.15) is 34.1 Å². The van der Waals surface area contributed by atoms with Crippen LogP contribution in [0, 0.1) is 13.8 Å². The number of rotatable bonds is 4. The van der Waals surface area contributed by atoms with Gasteiger partial charge in [-0.3, -0.25) is 4.79 Å². The van der Waals surface area contributed by atoms with Crippen LogP contribution < -0.4 is 5.32 Å². The molecule has 1 N–H and O–H groups in total. The van der Waals surface area contributed by atoms with Crippen LogP contribution in [-0.4, -0.2) is 28.1 Å². The van der Waals surface area contributed by atoms with Gasteiger partial charge in [-0.1, -0.05) is 54.2 Å². The quantitative estimate of drug-likeness (QED) is 0.537. The Labute approximate surface area is 190 Å². The number of amides is 1. The maximum Gasteiger partial charge on any atom is 0.221 e. The van der Waals surface area contributed by atoms with E-state index >= 15 is 0 Å². The molecule has 1 aliphatic heterocycles. The first kappa shape index (κ1) is 21.3. The normalized spacial score (nSPS) is 13.2. The molecule has 1 amide bonds. The number of amidine groups is 1. The van der Waals surface area contributed by atoms with Crippen molar-refractivity contribution >= 4 is 50.6 Å². The maximum absolute atomic E-state index is 11.4. The second kappa shape index (κ2) is 9.08. The number of nitrogens with one attached hydrogen (secondary N) is 1. The molecule has 0 saturated heterocycles. The fourth-order valence-electron chi connectivity index (χ4n) is 3.45. The molecule has 1 aliphatic rings. The second-order valence-electron chi connectivity index (χ2n) is 7.31. The predicted octanol–water partition coefficient (Wildman–Crippen LogP) is 5.94. The third-order valence-corrected chi connectivity index (χ3v) is 6.85. The molecule has 0 bridgehead atoms. The minimum atomic E-state index is -0.0850. The lowest BCUT2D eigenvalue weighted by atomic mass is 10.00. The lowest BCUT2D eigenvalue weighted by Gasteiger charge is -2.20. The Hall–Kier alpha value is -2.90. The van der Waals surface area contributed by atoms with Gasteiger partial charge < -0.3 is 5.32 Å². The number of thiophene rings is 1. The Morgan fingerprint density at radius 2 is 1.81 bits per heavy atom. The molecule has 0 spiro atoms. The number of hydrazone groups is 1. The summed E-state index contributed by atoms with van der Waals surface area (Å²) in [5.74, 6) is -0.0850. The number of thioether (sulfide) groups is 1. The molecule has 158 valence electrons. The van der Waals surface area contributed by atoms with Crippen molar-refractivity contribution in [2.24, 2.45) is 10.1 Å². The molecule has 0 radical (unpaired) electrons.